The molecule has 316 valence electrons. The van der Waals surface area contributed by atoms with Crippen LogP contribution in [0.15, 0.2) is 12.4 Å². The van der Waals surface area contributed by atoms with E-state index >= 15 is 0 Å². The molecule has 0 N–H and O–H groups in total. The van der Waals surface area contributed by atoms with Crippen molar-refractivity contribution in [3.8, 4) is 0 Å². The number of hydrogen-bond donors (Lipinski definition) is 0. The van der Waals surface area contributed by atoms with Gasteiger partial charge in [-0.2, -0.15) is 0 Å². The van der Waals surface area contributed by atoms with E-state index in [-0.39, 0.29) is 0 Å². The molecule has 0 fully saturated rings. The normalized spacial score (nSPS) is 14.4. The Morgan fingerprint density at radius 2 is 0.434 bits per heavy atom. The molecule has 0 saturated heterocycles. The zero-order valence-electron chi connectivity index (χ0n) is 37.4. The molecular formula is C51H102N2. The van der Waals surface area contributed by atoms with Gasteiger partial charge >= 0.3 is 0 Å². The van der Waals surface area contributed by atoms with Crippen molar-refractivity contribution < 1.29 is 0 Å². The van der Waals surface area contributed by atoms with Crippen molar-refractivity contribution in [2.75, 3.05) is 13.1 Å². The Hall–Kier alpha value is -0.660. The van der Waals surface area contributed by atoms with Crippen LogP contribution in [0.4, 0.5) is 0 Å². The van der Waals surface area contributed by atoms with Crippen LogP contribution in [-0.4, -0.2) is 29.1 Å². The second kappa shape index (κ2) is 42.5. The summed E-state index contributed by atoms with van der Waals surface area (Å²) in [6.45, 7) is 9.49. The van der Waals surface area contributed by atoms with Crippen molar-refractivity contribution in [2.24, 2.45) is 0 Å². The molecule has 1 aliphatic rings. The second-order valence-electron chi connectivity index (χ2n) is 17.8. The predicted molar refractivity (Wildman–Crippen MR) is 242 cm³/mol. The van der Waals surface area contributed by atoms with E-state index in [4.69, 9.17) is 0 Å². The summed E-state index contributed by atoms with van der Waals surface area (Å²) in [6, 6.07) is 0. The Labute approximate surface area is 337 Å². The smallest absolute Gasteiger partial charge is 0.101 e. The molecule has 0 aromatic carbocycles. The van der Waals surface area contributed by atoms with E-state index in [1.54, 1.807) is 0 Å². The Bertz CT molecular complexity index is 702. The summed E-state index contributed by atoms with van der Waals surface area (Å²) < 4.78 is 0. The SMILES string of the molecule is CCCCCCCCCCCCCCCCCCCN1C=CN(CCCCCCCCCCC)C1CCCCCCCCCCCCCCCCCC. The van der Waals surface area contributed by atoms with E-state index in [9.17, 15) is 0 Å². The lowest BCUT2D eigenvalue weighted by Gasteiger charge is -2.33. The van der Waals surface area contributed by atoms with E-state index in [0.29, 0.717) is 6.17 Å². The summed E-state index contributed by atoms with van der Waals surface area (Å²) in [5, 5.41) is 0. The van der Waals surface area contributed by atoms with Crippen molar-refractivity contribution in [1.29, 1.82) is 0 Å². The van der Waals surface area contributed by atoms with Gasteiger partial charge in [-0.3, -0.25) is 0 Å². The van der Waals surface area contributed by atoms with Gasteiger partial charge in [-0.25, -0.2) is 0 Å². The monoisotopic (exact) mass is 743 g/mol. The number of unbranched alkanes of at least 4 members (excludes halogenated alkanes) is 39. The molecule has 0 spiro atoms. The molecule has 2 heteroatoms. The fourth-order valence-electron chi connectivity index (χ4n) is 8.84. The molecular weight excluding hydrogens is 641 g/mol. The molecule has 0 aromatic heterocycles. The molecule has 1 heterocycles. The second-order valence-corrected chi connectivity index (χ2v) is 17.8. The quantitative estimate of drug-likeness (QED) is 0.0573. The van der Waals surface area contributed by atoms with E-state index < -0.39 is 0 Å². The van der Waals surface area contributed by atoms with Crippen LogP contribution in [-0.2, 0) is 0 Å². The van der Waals surface area contributed by atoms with Crippen molar-refractivity contribution in [3.05, 3.63) is 12.4 Å². The fraction of sp³-hybridized carbons (Fsp3) is 0.961. The Morgan fingerprint density at radius 3 is 0.660 bits per heavy atom. The molecule has 0 saturated carbocycles. The lowest BCUT2D eigenvalue weighted by atomic mass is 10.0. The minimum Gasteiger partial charge on any atom is -0.356 e. The summed E-state index contributed by atoms with van der Waals surface area (Å²) in [5.74, 6) is 0. The number of rotatable bonds is 45. The third-order valence-electron chi connectivity index (χ3n) is 12.6. The van der Waals surface area contributed by atoms with Gasteiger partial charge in [0.25, 0.3) is 0 Å². The Kier molecular flexibility index (Phi) is 40.4. The first-order chi connectivity index (χ1) is 26.3. The van der Waals surface area contributed by atoms with Crippen molar-refractivity contribution in [3.63, 3.8) is 0 Å². The van der Waals surface area contributed by atoms with Gasteiger partial charge in [0.1, 0.15) is 6.17 Å². The maximum absolute atomic E-state index is 2.74. The maximum atomic E-state index is 2.74. The van der Waals surface area contributed by atoms with Gasteiger partial charge in [-0.1, -0.05) is 271 Å². The van der Waals surface area contributed by atoms with Gasteiger partial charge in [0.15, 0.2) is 0 Å². The average Bonchev–Trinajstić information content (AvgIpc) is 3.55. The number of nitrogens with zero attached hydrogens (tertiary/aromatic N) is 2. The fourth-order valence-corrected chi connectivity index (χ4v) is 8.84. The highest BCUT2D eigenvalue weighted by Crippen LogP contribution is 2.24. The van der Waals surface area contributed by atoms with E-state index in [1.165, 1.54) is 289 Å². The summed E-state index contributed by atoms with van der Waals surface area (Å²) in [6.07, 6.45) is 67.9. The third-order valence-corrected chi connectivity index (χ3v) is 12.6. The van der Waals surface area contributed by atoms with Crippen LogP contribution in [0, 0.1) is 0 Å². The van der Waals surface area contributed by atoms with Gasteiger partial charge in [-0.15, -0.1) is 0 Å². The molecule has 0 aromatic rings. The summed E-state index contributed by atoms with van der Waals surface area (Å²) >= 11 is 0. The van der Waals surface area contributed by atoms with E-state index in [1.807, 2.05) is 0 Å². The van der Waals surface area contributed by atoms with Gasteiger partial charge in [0.05, 0.1) is 0 Å². The van der Waals surface area contributed by atoms with Crippen LogP contribution in [0.3, 0.4) is 0 Å². The zero-order valence-corrected chi connectivity index (χ0v) is 37.4. The molecule has 0 radical (unpaired) electrons. The highest BCUT2D eigenvalue weighted by molar-refractivity contribution is 4.97. The van der Waals surface area contributed by atoms with Gasteiger partial charge < -0.3 is 9.80 Å². The third kappa shape index (κ3) is 34.3. The van der Waals surface area contributed by atoms with Gasteiger partial charge in [-0.05, 0) is 25.7 Å². The zero-order chi connectivity index (χ0) is 38.0. The Morgan fingerprint density at radius 1 is 0.245 bits per heavy atom. The number of hydrogen-bond acceptors (Lipinski definition) is 2. The van der Waals surface area contributed by atoms with Crippen molar-refractivity contribution in [1.82, 2.24) is 9.80 Å². The molecule has 1 rings (SSSR count). The van der Waals surface area contributed by atoms with Crippen LogP contribution in [0.25, 0.3) is 0 Å². The largest absolute Gasteiger partial charge is 0.356 e. The van der Waals surface area contributed by atoms with Gasteiger partial charge in [0.2, 0.25) is 0 Å². The highest BCUT2D eigenvalue weighted by Gasteiger charge is 2.24. The standard InChI is InChI=1S/C51H102N2/c1-4-7-10-13-16-19-21-23-25-27-29-31-33-36-39-42-45-48-53-50-49-52(47-44-41-38-35-18-15-12-9-6-3)51(53)46-43-40-37-34-32-30-28-26-24-22-20-17-14-11-8-5-2/h49-51H,4-48H2,1-3H3. The lowest BCUT2D eigenvalue weighted by molar-refractivity contribution is 0.135. The lowest BCUT2D eigenvalue weighted by Crippen LogP contribution is -2.39. The summed E-state index contributed by atoms with van der Waals surface area (Å²) in [4.78, 5) is 5.48. The summed E-state index contributed by atoms with van der Waals surface area (Å²) in [5.41, 5.74) is 0. The Balaban J connectivity index is 2.16. The minimum absolute atomic E-state index is 0.636. The minimum atomic E-state index is 0.636. The maximum Gasteiger partial charge on any atom is 0.101 e. The molecule has 1 atom stereocenters. The molecule has 53 heavy (non-hydrogen) atoms. The van der Waals surface area contributed by atoms with E-state index in [2.05, 4.69) is 43.0 Å². The van der Waals surface area contributed by atoms with Crippen LogP contribution in [0.1, 0.15) is 297 Å². The molecule has 0 bridgehead atoms. The highest BCUT2D eigenvalue weighted by atomic mass is 15.4. The van der Waals surface area contributed by atoms with Crippen LogP contribution in [0.5, 0.6) is 0 Å². The molecule has 1 unspecified atom stereocenters. The topological polar surface area (TPSA) is 6.48 Å². The molecule has 0 aliphatic carbocycles. The van der Waals surface area contributed by atoms with E-state index in [0.717, 1.165) is 0 Å². The van der Waals surface area contributed by atoms with Gasteiger partial charge in [0, 0.05) is 25.5 Å². The molecule has 1 aliphatic heterocycles. The first kappa shape index (κ1) is 50.4. The molecule has 0 amide bonds. The first-order valence-corrected chi connectivity index (χ1v) is 25.5. The predicted octanol–water partition coefficient (Wildman–Crippen LogP) is 18.2. The van der Waals surface area contributed by atoms with Crippen molar-refractivity contribution >= 4 is 0 Å². The first-order valence-electron chi connectivity index (χ1n) is 25.5. The van der Waals surface area contributed by atoms with Crippen LogP contribution < -0.4 is 0 Å². The molecule has 2 nitrogen and oxygen atoms in total. The van der Waals surface area contributed by atoms with Crippen LogP contribution >= 0.6 is 0 Å². The van der Waals surface area contributed by atoms with Crippen molar-refractivity contribution in [2.45, 2.75) is 303 Å². The average molecular weight is 743 g/mol. The summed E-state index contributed by atoms with van der Waals surface area (Å²) in [7, 11) is 0. The van der Waals surface area contributed by atoms with Crippen LogP contribution in [0.2, 0.25) is 0 Å².